The molecule has 17 heteroatoms. The molecule has 4 rings (SSSR count). The van der Waals surface area contributed by atoms with Crippen LogP contribution in [0.1, 0.15) is 113 Å². The molecule has 0 radical (unpaired) electrons. The molecule has 60 heavy (non-hydrogen) atoms. The maximum absolute atomic E-state index is 13.4. The summed E-state index contributed by atoms with van der Waals surface area (Å²) in [5.74, 6) is -8.01. The first-order valence-corrected chi connectivity index (χ1v) is 20.6. The third-order valence-electron chi connectivity index (χ3n) is 11.9. The van der Waals surface area contributed by atoms with Crippen molar-refractivity contribution in [2.24, 2.45) is 10.8 Å². The number of aliphatic hydroxyl groups excluding tert-OH is 2. The third-order valence-corrected chi connectivity index (χ3v) is 11.9. The highest BCUT2D eigenvalue weighted by Crippen LogP contribution is 2.50. The highest BCUT2D eigenvalue weighted by atomic mass is 16.7. The molecule has 0 spiro atoms. The Morgan fingerprint density at radius 3 is 2.18 bits per heavy atom. The Bertz CT molecular complexity index is 1660. The van der Waals surface area contributed by atoms with E-state index in [9.17, 15) is 44.4 Å². The van der Waals surface area contributed by atoms with Crippen LogP contribution in [0.2, 0.25) is 0 Å². The molecule has 4 aliphatic heterocycles. The van der Waals surface area contributed by atoms with Gasteiger partial charge in [0.05, 0.1) is 62.7 Å². The van der Waals surface area contributed by atoms with Crippen LogP contribution >= 0.6 is 0 Å². The van der Waals surface area contributed by atoms with E-state index in [0.717, 1.165) is 6.08 Å². The molecule has 3 saturated heterocycles. The number of ether oxygens (including phenoxy) is 8. The van der Waals surface area contributed by atoms with Crippen molar-refractivity contribution in [3.63, 3.8) is 0 Å². The lowest BCUT2D eigenvalue weighted by atomic mass is 9.70. The number of carbonyl (C=O) groups is 5. The first-order chi connectivity index (χ1) is 27.9. The molecular formula is C43H64O17. The zero-order chi connectivity index (χ0) is 44.8. The van der Waals surface area contributed by atoms with E-state index in [1.165, 1.54) is 34.1 Å². The number of hydrogen-bond donors (Lipinski definition) is 4. The van der Waals surface area contributed by atoms with Gasteiger partial charge in [-0.05, 0) is 38.2 Å². The van der Waals surface area contributed by atoms with Crippen molar-refractivity contribution in [1.29, 1.82) is 0 Å². The van der Waals surface area contributed by atoms with Crippen LogP contribution in [-0.4, -0.2) is 131 Å². The van der Waals surface area contributed by atoms with E-state index < -0.39 is 114 Å². The number of fused-ring (bicyclic) bond motifs is 6. The van der Waals surface area contributed by atoms with Crippen LogP contribution < -0.4 is 0 Å². The van der Waals surface area contributed by atoms with Gasteiger partial charge in [-0.2, -0.15) is 0 Å². The largest absolute Gasteiger partial charge is 0.466 e. The lowest BCUT2D eigenvalue weighted by Crippen LogP contribution is -2.62. The van der Waals surface area contributed by atoms with E-state index in [1.54, 1.807) is 46.8 Å². The van der Waals surface area contributed by atoms with Crippen LogP contribution in [0.4, 0.5) is 0 Å². The summed E-state index contributed by atoms with van der Waals surface area (Å²) >= 11 is 0. The summed E-state index contributed by atoms with van der Waals surface area (Å²) in [6.45, 7) is 11.0. The fourth-order valence-corrected chi connectivity index (χ4v) is 8.34. The van der Waals surface area contributed by atoms with Gasteiger partial charge in [0.15, 0.2) is 11.9 Å². The lowest BCUT2D eigenvalue weighted by molar-refractivity contribution is -0.348. The molecule has 0 saturated carbocycles. The summed E-state index contributed by atoms with van der Waals surface area (Å²) in [4.78, 5) is 64.1. The molecule has 0 amide bonds. The molecule has 17 nitrogen and oxygen atoms in total. The van der Waals surface area contributed by atoms with Gasteiger partial charge in [-0.3, -0.25) is 14.4 Å². The monoisotopic (exact) mass is 852 g/mol. The van der Waals surface area contributed by atoms with E-state index in [1.807, 2.05) is 0 Å². The van der Waals surface area contributed by atoms with Crippen molar-refractivity contribution in [2.75, 3.05) is 14.2 Å². The van der Waals surface area contributed by atoms with Crippen LogP contribution in [0.5, 0.6) is 0 Å². The molecule has 4 heterocycles. The predicted octanol–water partition coefficient (Wildman–Crippen LogP) is 3.17. The van der Waals surface area contributed by atoms with Crippen molar-refractivity contribution >= 4 is 29.8 Å². The molecule has 0 aliphatic carbocycles. The molecule has 4 N–H and O–H groups in total. The Morgan fingerprint density at radius 2 is 1.57 bits per heavy atom. The maximum Gasteiger partial charge on any atom is 0.330 e. The molecule has 0 aromatic rings. The minimum Gasteiger partial charge on any atom is -0.466 e. The molecule has 11 atom stereocenters. The van der Waals surface area contributed by atoms with Gasteiger partial charge in [0.25, 0.3) is 0 Å². The summed E-state index contributed by atoms with van der Waals surface area (Å²) in [5.41, 5.74) is -1.96. The average molecular weight is 853 g/mol. The van der Waals surface area contributed by atoms with Gasteiger partial charge < -0.3 is 58.3 Å². The molecule has 338 valence electrons. The Labute approximate surface area is 351 Å². The molecule has 6 bridgehead atoms. The number of rotatable bonds is 7. The van der Waals surface area contributed by atoms with E-state index in [-0.39, 0.29) is 56.9 Å². The lowest BCUT2D eigenvalue weighted by Gasteiger charge is -2.53. The summed E-state index contributed by atoms with van der Waals surface area (Å²) < 4.78 is 46.5. The fourth-order valence-electron chi connectivity index (χ4n) is 8.34. The summed E-state index contributed by atoms with van der Waals surface area (Å²) in [6.07, 6.45) is -4.54. The van der Waals surface area contributed by atoms with Crippen molar-refractivity contribution in [3.05, 3.63) is 35.5 Å². The third kappa shape index (κ3) is 11.8. The Balaban J connectivity index is 1.89. The van der Waals surface area contributed by atoms with Crippen LogP contribution in [0, 0.1) is 10.8 Å². The molecule has 4 aliphatic rings. The topological polar surface area (TPSA) is 240 Å². The first kappa shape index (κ1) is 49.0. The average Bonchev–Trinajstić information content (AvgIpc) is 3.13. The summed E-state index contributed by atoms with van der Waals surface area (Å²) in [7, 11) is 2.41. The second-order valence-electron chi connectivity index (χ2n) is 17.5. The van der Waals surface area contributed by atoms with E-state index in [0.29, 0.717) is 12.0 Å². The van der Waals surface area contributed by atoms with E-state index in [4.69, 9.17) is 37.9 Å². The number of hydrogen-bond acceptors (Lipinski definition) is 17. The zero-order valence-electron chi connectivity index (χ0n) is 36.2. The van der Waals surface area contributed by atoms with Gasteiger partial charge in [0, 0.05) is 56.6 Å². The second-order valence-corrected chi connectivity index (χ2v) is 17.5. The Hall–Kier alpha value is -3.71. The molecule has 3 fully saturated rings. The smallest absolute Gasteiger partial charge is 0.330 e. The molecule has 11 unspecified atom stereocenters. The number of esters is 5. The maximum atomic E-state index is 13.4. The molecule has 0 aromatic heterocycles. The van der Waals surface area contributed by atoms with Crippen molar-refractivity contribution < 1.29 is 82.3 Å². The first-order valence-electron chi connectivity index (χ1n) is 20.6. The Kier molecular flexibility index (Phi) is 16.3. The number of carbonyl (C=O) groups excluding carboxylic acids is 5. The minimum absolute atomic E-state index is 0.00840. The molecular weight excluding hydrogens is 788 g/mol. The summed E-state index contributed by atoms with van der Waals surface area (Å²) in [5, 5.41) is 47.3. The standard InChI is InChI=1S/C43H64O17/c1-10-11-35(47)58-39-27(18-37(49)54-9)17-30-21-33(24(2)44)57-38(50)20-28(46)19-31-22-34(55-25(3)45)41(6,7)42(51,59-31)23-32-15-26(16-36(48)53-8)14-29(56-32)12-13-40(4,5)43(39,52)60-30/h12-13,16,18,24,28-34,39,44,46,51-52H,10-11,14-15,17,19-23H2,1-9H3. The Morgan fingerprint density at radius 1 is 0.900 bits per heavy atom. The zero-order valence-corrected chi connectivity index (χ0v) is 36.2. The summed E-state index contributed by atoms with van der Waals surface area (Å²) in [6, 6.07) is 0. The highest BCUT2D eigenvalue weighted by Gasteiger charge is 2.59. The van der Waals surface area contributed by atoms with Crippen LogP contribution in [-0.2, 0) is 61.9 Å². The van der Waals surface area contributed by atoms with Gasteiger partial charge in [-0.15, -0.1) is 0 Å². The van der Waals surface area contributed by atoms with Gasteiger partial charge in [0.2, 0.25) is 5.79 Å². The van der Waals surface area contributed by atoms with Gasteiger partial charge in [0.1, 0.15) is 12.2 Å². The van der Waals surface area contributed by atoms with Gasteiger partial charge in [-0.1, -0.05) is 52.3 Å². The van der Waals surface area contributed by atoms with Crippen LogP contribution in [0.15, 0.2) is 35.5 Å². The normalized spacial score (nSPS) is 36.6. The van der Waals surface area contributed by atoms with Gasteiger partial charge in [-0.25, -0.2) is 9.59 Å². The number of cyclic esters (lactones) is 1. The van der Waals surface area contributed by atoms with Crippen LogP contribution in [0.3, 0.4) is 0 Å². The SMILES string of the molecule is CCCC(=O)OC1C(=CC(=O)OC)CC2CC(C(C)O)OC(=O)CC(O)CC3CC(OC(C)=O)C(C)(C)C(O)(CC4CC(=CC(=O)OC)CC(C=CC(C)(C)C1(O)O2)O4)O3. The van der Waals surface area contributed by atoms with Crippen molar-refractivity contribution in [3.8, 4) is 0 Å². The minimum atomic E-state index is -2.41. The van der Waals surface area contributed by atoms with Crippen molar-refractivity contribution in [1.82, 2.24) is 0 Å². The number of aliphatic hydroxyl groups is 4. The van der Waals surface area contributed by atoms with E-state index >= 15 is 0 Å². The fraction of sp³-hybridized carbons (Fsp3) is 0.744. The predicted molar refractivity (Wildman–Crippen MR) is 210 cm³/mol. The molecule has 0 aromatic carbocycles. The van der Waals surface area contributed by atoms with Crippen molar-refractivity contribution in [2.45, 2.75) is 179 Å². The van der Waals surface area contributed by atoms with Gasteiger partial charge >= 0.3 is 29.8 Å². The second kappa shape index (κ2) is 20.0. The van der Waals surface area contributed by atoms with Crippen LogP contribution in [0.25, 0.3) is 0 Å². The highest BCUT2D eigenvalue weighted by molar-refractivity contribution is 5.83. The quantitative estimate of drug-likeness (QED) is 0.124. The number of methoxy groups -OCH3 is 2. The van der Waals surface area contributed by atoms with E-state index in [2.05, 4.69) is 0 Å².